The van der Waals surface area contributed by atoms with Gasteiger partial charge in [-0.05, 0) is 41.5 Å². The summed E-state index contributed by atoms with van der Waals surface area (Å²) in [5.74, 6) is 0.111. The van der Waals surface area contributed by atoms with Crippen LogP contribution in [0.5, 0.6) is 11.5 Å². The van der Waals surface area contributed by atoms with Crippen molar-refractivity contribution in [1.29, 1.82) is 5.41 Å². The molecule has 218 valence electrons. The van der Waals surface area contributed by atoms with Crippen molar-refractivity contribution >= 4 is 33.1 Å². The molecule has 6 N–H and O–H groups in total. The van der Waals surface area contributed by atoms with Crippen LogP contribution in [0.4, 0.5) is 11.4 Å². The van der Waals surface area contributed by atoms with Crippen LogP contribution in [0, 0.1) is 5.41 Å². The molecule has 1 atom stereocenters. The van der Waals surface area contributed by atoms with Gasteiger partial charge in [-0.3, -0.25) is 14.9 Å². The summed E-state index contributed by atoms with van der Waals surface area (Å²) in [6.07, 6.45) is 1.03. The highest BCUT2D eigenvalue weighted by Crippen LogP contribution is 2.38. The zero-order valence-corrected chi connectivity index (χ0v) is 24.1. The summed E-state index contributed by atoms with van der Waals surface area (Å²) in [6, 6.07) is 27.6. The number of ether oxygens (including phenoxy) is 2. The number of nitrogen functional groups attached to an aromatic ring is 1. The normalized spacial score (nSPS) is 11.7. The topological polar surface area (TPSA) is 156 Å². The molecule has 11 heteroatoms. The summed E-state index contributed by atoms with van der Waals surface area (Å²) in [7, 11) is -2.28. The summed E-state index contributed by atoms with van der Waals surface area (Å²) in [6.45, 7) is 0.474. The molecule has 0 radical (unpaired) electrons. The van der Waals surface area contributed by atoms with Crippen molar-refractivity contribution in [2.24, 2.45) is 5.73 Å². The zero-order chi connectivity index (χ0) is 30.1. The van der Waals surface area contributed by atoms with Crippen molar-refractivity contribution in [3.05, 3.63) is 119 Å². The highest BCUT2D eigenvalue weighted by molar-refractivity contribution is 7.92. The van der Waals surface area contributed by atoms with Crippen LogP contribution in [-0.2, 0) is 28.0 Å². The molecule has 42 heavy (non-hydrogen) atoms. The number of nitrogens with one attached hydrogen (secondary N) is 4. The first kappa shape index (κ1) is 29.9. The Kier molecular flexibility index (Phi) is 9.66. The van der Waals surface area contributed by atoms with Crippen LogP contribution >= 0.6 is 0 Å². The third-order valence-corrected chi connectivity index (χ3v) is 6.85. The second-order valence-electron chi connectivity index (χ2n) is 9.51. The van der Waals surface area contributed by atoms with Crippen LogP contribution in [-0.4, -0.2) is 33.5 Å². The van der Waals surface area contributed by atoms with Gasteiger partial charge >= 0.3 is 0 Å². The molecule has 0 saturated carbocycles. The molecule has 1 unspecified atom stereocenters. The van der Waals surface area contributed by atoms with Crippen LogP contribution in [0.1, 0.15) is 28.3 Å². The molecule has 0 spiro atoms. The first-order chi connectivity index (χ1) is 20.1. The summed E-state index contributed by atoms with van der Waals surface area (Å²) in [5.41, 5.74) is 8.93. The molecule has 1 amide bonds. The molecule has 0 saturated heterocycles. The van der Waals surface area contributed by atoms with Gasteiger partial charge in [-0.25, -0.2) is 8.42 Å². The van der Waals surface area contributed by atoms with E-state index >= 15 is 0 Å². The molecule has 0 aliphatic rings. The average molecular weight is 588 g/mol. The fourth-order valence-electron chi connectivity index (χ4n) is 4.19. The third-order valence-electron chi connectivity index (χ3n) is 6.26. The average Bonchev–Trinajstić information content (AvgIpc) is 2.98. The molecule has 0 aliphatic heterocycles. The minimum atomic E-state index is -3.75. The van der Waals surface area contributed by atoms with Gasteiger partial charge in [0.2, 0.25) is 15.9 Å². The molecular weight excluding hydrogens is 554 g/mol. The summed E-state index contributed by atoms with van der Waals surface area (Å²) in [5, 5.41) is 13.8. The number of amides is 1. The van der Waals surface area contributed by atoms with Gasteiger partial charge in [0.05, 0.1) is 19.1 Å². The van der Waals surface area contributed by atoms with E-state index in [-0.39, 0.29) is 24.7 Å². The maximum atomic E-state index is 13.7. The Morgan fingerprint density at radius 3 is 2.10 bits per heavy atom. The summed E-state index contributed by atoms with van der Waals surface area (Å²) < 4.78 is 39.0. The lowest BCUT2D eigenvalue weighted by molar-refractivity contribution is -0.122. The van der Waals surface area contributed by atoms with Gasteiger partial charge in [0.25, 0.3) is 0 Å². The number of methoxy groups -OCH3 is 1. The Morgan fingerprint density at radius 1 is 0.905 bits per heavy atom. The van der Waals surface area contributed by atoms with Crippen LogP contribution in [0.15, 0.2) is 97.1 Å². The number of anilines is 2. The van der Waals surface area contributed by atoms with Gasteiger partial charge in [0.15, 0.2) is 11.5 Å². The molecule has 4 aromatic rings. The molecule has 4 rings (SSSR count). The van der Waals surface area contributed by atoms with Gasteiger partial charge in [-0.2, -0.15) is 0 Å². The number of hydrogen-bond acceptors (Lipinski definition) is 7. The number of hydrogen-bond donors (Lipinski definition) is 5. The zero-order valence-electron chi connectivity index (χ0n) is 23.3. The fraction of sp³-hybridized carbons (Fsp3) is 0.161. The fourth-order valence-corrected chi connectivity index (χ4v) is 4.77. The lowest BCUT2D eigenvalue weighted by Gasteiger charge is -2.24. The number of benzene rings is 4. The SMILES string of the molecule is COc1cc(C(Nc2ccc(C(=N)N)cc2)C(=O)NCc2ccccc2)c(NS(C)(=O)=O)cc1OCc1ccccc1. The van der Waals surface area contributed by atoms with Crippen molar-refractivity contribution in [3.63, 3.8) is 0 Å². The van der Waals surface area contributed by atoms with Crippen LogP contribution in [0.25, 0.3) is 0 Å². The monoisotopic (exact) mass is 587 g/mol. The minimum Gasteiger partial charge on any atom is -0.493 e. The standard InChI is InChI=1S/C31H33N5O5S/c1-40-27-17-25(26(36-42(2,38)39)18-28(27)41-20-22-11-7-4-8-12-22)29(31(37)34-19-21-9-5-3-6-10-21)35-24-15-13-23(14-16-24)30(32)33/h3-18,29,35-36H,19-20H2,1-2H3,(H3,32,33)(H,34,37). The van der Waals surface area contributed by atoms with Gasteiger partial charge in [0, 0.05) is 29.4 Å². The Morgan fingerprint density at radius 2 is 1.52 bits per heavy atom. The van der Waals surface area contributed by atoms with E-state index in [1.165, 1.54) is 13.2 Å². The number of carbonyl (C=O) groups excluding carboxylic acids is 1. The first-order valence-electron chi connectivity index (χ1n) is 13.0. The minimum absolute atomic E-state index is 0.0887. The number of rotatable bonds is 13. The van der Waals surface area contributed by atoms with E-state index in [0.29, 0.717) is 28.3 Å². The maximum Gasteiger partial charge on any atom is 0.247 e. The number of amidine groups is 1. The summed E-state index contributed by atoms with van der Waals surface area (Å²) in [4.78, 5) is 13.7. The molecule has 0 aromatic heterocycles. The molecule has 4 aromatic carbocycles. The van der Waals surface area contributed by atoms with E-state index in [0.717, 1.165) is 17.4 Å². The quantitative estimate of drug-likeness (QED) is 0.115. The van der Waals surface area contributed by atoms with Crippen LogP contribution in [0.2, 0.25) is 0 Å². The van der Waals surface area contributed by atoms with Crippen molar-refractivity contribution in [2.45, 2.75) is 19.2 Å². The smallest absolute Gasteiger partial charge is 0.247 e. The van der Waals surface area contributed by atoms with E-state index < -0.39 is 22.0 Å². The number of carbonyl (C=O) groups is 1. The molecule has 0 fully saturated rings. The Hall–Kier alpha value is -5.03. The number of sulfonamides is 1. The predicted octanol–water partition coefficient (Wildman–Crippen LogP) is 4.40. The Labute approximate surface area is 245 Å². The molecule has 10 nitrogen and oxygen atoms in total. The molecule has 0 bridgehead atoms. The predicted molar refractivity (Wildman–Crippen MR) is 164 cm³/mol. The third kappa shape index (κ3) is 8.24. The van der Waals surface area contributed by atoms with Gasteiger partial charge in [-0.1, -0.05) is 60.7 Å². The van der Waals surface area contributed by atoms with Crippen molar-refractivity contribution in [3.8, 4) is 11.5 Å². The molecule has 0 aliphatic carbocycles. The van der Waals surface area contributed by atoms with Crippen LogP contribution < -0.4 is 30.6 Å². The van der Waals surface area contributed by atoms with Gasteiger partial charge < -0.3 is 25.8 Å². The second-order valence-corrected chi connectivity index (χ2v) is 11.3. The number of nitrogens with two attached hydrogens (primary N) is 1. The Balaban J connectivity index is 1.74. The highest BCUT2D eigenvalue weighted by Gasteiger charge is 2.27. The van der Waals surface area contributed by atoms with Crippen molar-refractivity contribution in [1.82, 2.24) is 5.32 Å². The maximum absolute atomic E-state index is 13.7. The van der Waals surface area contributed by atoms with Crippen LogP contribution in [0.3, 0.4) is 0 Å². The molecular formula is C31H33N5O5S. The lowest BCUT2D eigenvalue weighted by Crippen LogP contribution is -2.34. The van der Waals surface area contributed by atoms with E-state index in [4.69, 9.17) is 20.6 Å². The first-order valence-corrected chi connectivity index (χ1v) is 14.9. The van der Waals surface area contributed by atoms with Crippen molar-refractivity contribution < 1.29 is 22.7 Å². The second kappa shape index (κ2) is 13.6. The van der Waals surface area contributed by atoms with Gasteiger partial charge in [-0.15, -0.1) is 0 Å². The largest absolute Gasteiger partial charge is 0.493 e. The lowest BCUT2D eigenvalue weighted by atomic mass is 10.0. The van der Waals surface area contributed by atoms with Gasteiger partial charge in [0.1, 0.15) is 18.5 Å². The van der Waals surface area contributed by atoms with E-state index in [2.05, 4.69) is 15.4 Å². The van der Waals surface area contributed by atoms with Crippen molar-refractivity contribution in [2.75, 3.05) is 23.4 Å². The molecule has 0 heterocycles. The van der Waals surface area contributed by atoms with E-state index in [1.807, 2.05) is 60.7 Å². The Bertz CT molecular complexity index is 1630. The van der Waals surface area contributed by atoms with E-state index in [9.17, 15) is 13.2 Å². The summed E-state index contributed by atoms with van der Waals surface area (Å²) >= 11 is 0. The van der Waals surface area contributed by atoms with E-state index in [1.54, 1.807) is 30.3 Å². The highest BCUT2D eigenvalue weighted by atomic mass is 32.2.